The van der Waals surface area contributed by atoms with Crippen LogP contribution in [-0.4, -0.2) is 27.3 Å². The summed E-state index contributed by atoms with van der Waals surface area (Å²) in [5.74, 6) is -0.408. The molecule has 0 aliphatic heterocycles. The van der Waals surface area contributed by atoms with Gasteiger partial charge in [0.05, 0.1) is 23.8 Å². The number of hydrogen-bond acceptors (Lipinski definition) is 4. The van der Waals surface area contributed by atoms with E-state index in [1.54, 1.807) is 19.9 Å². The summed E-state index contributed by atoms with van der Waals surface area (Å²) in [7, 11) is 0. The summed E-state index contributed by atoms with van der Waals surface area (Å²) in [4.78, 5) is 11.8. The minimum atomic E-state index is -0.408. The van der Waals surface area contributed by atoms with Crippen molar-refractivity contribution in [2.75, 3.05) is 6.61 Å². The fourth-order valence-corrected chi connectivity index (χ4v) is 1.31. The molecule has 82 valence electrons. The fourth-order valence-electron chi connectivity index (χ4n) is 1.18. The molecule has 6 heteroatoms. The highest BCUT2D eigenvalue weighted by molar-refractivity contribution is 7.80. The molecule has 0 saturated carbocycles. The SMILES string of the molecule is CCOC(=O)c1cc(C)nn1CC(N)=S. The fraction of sp³-hybridized carbons (Fsp3) is 0.444. The van der Waals surface area contributed by atoms with Gasteiger partial charge >= 0.3 is 5.97 Å². The topological polar surface area (TPSA) is 70.1 Å². The summed E-state index contributed by atoms with van der Waals surface area (Å²) in [5.41, 5.74) is 6.50. The van der Waals surface area contributed by atoms with Gasteiger partial charge < -0.3 is 10.5 Å². The molecule has 2 N–H and O–H groups in total. The van der Waals surface area contributed by atoms with Crippen LogP contribution in [0, 0.1) is 6.92 Å². The number of carbonyl (C=O) groups excluding carboxylic acids is 1. The molecule has 0 fully saturated rings. The smallest absolute Gasteiger partial charge is 0.356 e. The number of aromatic nitrogens is 2. The zero-order valence-corrected chi connectivity index (χ0v) is 9.50. The van der Waals surface area contributed by atoms with Crippen LogP contribution >= 0.6 is 12.2 Å². The monoisotopic (exact) mass is 227 g/mol. The number of carbonyl (C=O) groups is 1. The first-order chi connectivity index (χ1) is 7.04. The van der Waals surface area contributed by atoms with Crippen LogP contribution in [0.2, 0.25) is 0 Å². The van der Waals surface area contributed by atoms with E-state index < -0.39 is 5.97 Å². The van der Waals surface area contributed by atoms with Gasteiger partial charge in [-0.3, -0.25) is 4.68 Å². The molecule has 0 saturated heterocycles. The van der Waals surface area contributed by atoms with Crippen molar-refractivity contribution < 1.29 is 9.53 Å². The minimum Gasteiger partial charge on any atom is -0.461 e. The van der Waals surface area contributed by atoms with Gasteiger partial charge in [-0.2, -0.15) is 5.10 Å². The molecule has 5 nitrogen and oxygen atoms in total. The molecule has 1 aromatic heterocycles. The number of esters is 1. The molecule has 15 heavy (non-hydrogen) atoms. The molecule has 0 amide bonds. The Hall–Kier alpha value is -1.43. The third-order valence-corrected chi connectivity index (χ3v) is 1.82. The van der Waals surface area contributed by atoms with E-state index >= 15 is 0 Å². The number of aryl methyl sites for hydroxylation is 1. The molecule has 0 bridgehead atoms. The Kier molecular flexibility index (Phi) is 3.79. The Morgan fingerprint density at radius 2 is 2.40 bits per heavy atom. The van der Waals surface area contributed by atoms with Gasteiger partial charge in [-0.1, -0.05) is 12.2 Å². The van der Waals surface area contributed by atoms with Gasteiger partial charge in [0, 0.05) is 0 Å². The van der Waals surface area contributed by atoms with E-state index in [2.05, 4.69) is 5.10 Å². The lowest BCUT2D eigenvalue weighted by atomic mass is 10.4. The highest BCUT2D eigenvalue weighted by Crippen LogP contribution is 2.05. The lowest BCUT2D eigenvalue weighted by Gasteiger charge is -2.05. The average molecular weight is 227 g/mol. The van der Waals surface area contributed by atoms with Crippen molar-refractivity contribution >= 4 is 23.2 Å². The molecule has 0 aromatic carbocycles. The Morgan fingerprint density at radius 3 is 2.93 bits per heavy atom. The maximum Gasteiger partial charge on any atom is 0.356 e. The van der Waals surface area contributed by atoms with Crippen molar-refractivity contribution in [1.29, 1.82) is 0 Å². The van der Waals surface area contributed by atoms with Crippen molar-refractivity contribution in [3.05, 3.63) is 17.5 Å². The van der Waals surface area contributed by atoms with Crippen LogP contribution in [0.15, 0.2) is 6.07 Å². The first-order valence-electron chi connectivity index (χ1n) is 4.54. The molecule has 1 heterocycles. The van der Waals surface area contributed by atoms with Crippen LogP contribution in [0.25, 0.3) is 0 Å². The summed E-state index contributed by atoms with van der Waals surface area (Å²) in [5, 5.41) is 4.10. The molecule has 0 spiro atoms. The van der Waals surface area contributed by atoms with Crippen LogP contribution in [0.4, 0.5) is 0 Å². The van der Waals surface area contributed by atoms with E-state index in [9.17, 15) is 4.79 Å². The highest BCUT2D eigenvalue weighted by atomic mass is 32.1. The zero-order valence-electron chi connectivity index (χ0n) is 8.69. The molecular formula is C9H13N3O2S. The molecule has 0 atom stereocenters. The van der Waals surface area contributed by atoms with E-state index in [0.29, 0.717) is 12.3 Å². The van der Waals surface area contributed by atoms with E-state index in [0.717, 1.165) is 5.69 Å². The van der Waals surface area contributed by atoms with Gasteiger partial charge in [0.15, 0.2) is 0 Å². The van der Waals surface area contributed by atoms with Crippen LogP contribution in [0.3, 0.4) is 0 Å². The van der Waals surface area contributed by atoms with Crippen LogP contribution in [0.5, 0.6) is 0 Å². The third-order valence-electron chi connectivity index (χ3n) is 1.69. The molecule has 0 unspecified atom stereocenters. The summed E-state index contributed by atoms with van der Waals surface area (Å²) in [6.45, 7) is 4.12. The second-order valence-corrected chi connectivity index (χ2v) is 3.54. The number of ether oxygens (including phenoxy) is 1. The van der Waals surface area contributed by atoms with Crippen LogP contribution in [-0.2, 0) is 11.3 Å². The maximum absolute atomic E-state index is 11.5. The first kappa shape index (κ1) is 11.6. The Bertz CT molecular complexity index is 387. The maximum atomic E-state index is 11.5. The Labute approximate surface area is 93.2 Å². The largest absolute Gasteiger partial charge is 0.461 e. The number of nitrogens with zero attached hydrogens (tertiary/aromatic N) is 2. The van der Waals surface area contributed by atoms with Gasteiger partial charge in [-0.15, -0.1) is 0 Å². The van der Waals surface area contributed by atoms with Crippen molar-refractivity contribution in [3.63, 3.8) is 0 Å². The second kappa shape index (κ2) is 4.88. The quantitative estimate of drug-likeness (QED) is 0.604. The minimum absolute atomic E-state index is 0.247. The zero-order chi connectivity index (χ0) is 11.4. The second-order valence-electron chi connectivity index (χ2n) is 3.02. The molecule has 1 aromatic rings. The number of hydrogen-bond donors (Lipinski definition) is 1. The first-order valence-corrected chi connectivity index (χ1v) is 4.95. The standard InChI is InChI=1S/C9H13N3O2S/c1-3-14-9(13)7-4-6(2)11-12(7)5-8(10)15/h4H,3,5H2,1-2H3,(H2,10,15). The Balaban J connectivity index is 2.95. The third kappa shape index (κ3) is 3.02. The van der Waals surface area contributed by atoms with Gasteiger partial charge in [-0.25, -0.2) is 4.79 Å². The molecule has 0 radical (unpaired) electrons. The number of thiocarbonyl (C=S) groups is 1. The summed E-state index contributed by atoms with van der Waals surface area (Å²) in [6.07, 6.45) is 0. The highest BCUT2D eigenvalue weighted by Gasteiger charge is 2.15. The summed E-state index contributed by atoms with van der Waals surface area (Å²) < 4.78 is 6.33. The van der Waals surface area contributed by atoms with Gasteiger partial charge in [0.1, 0.15) is 5.69 Å². The average Bonchev–Trinajstić information content (AvgIpc) is 2.46. The van der Waals surface area contributed by atoms with E-state index in [-0.39, 0.29) is 11.5 Å². The number of nitrogens with two attached hydrogens (primary N) is 1. The van der Waals surface area contributed by atoms with Crippen molar-refractivity contribution in [2.45, 2.75) is 20.4 Å². The molecule has 1 rings (SSSR count). The summed E-state index contributed by atoms with van der Waals surface area (Å²) >= 11 is 4.76. The predicted octanol–water partition coefficient (Wildman–Crippen LogP) is 0.654. The number of rotatable bonds is 4. The van der Waals surface area contributed by atoms with E-state index in [4.69, 9.17) is 22.7 Å². The van der Waals surface area contributed by atoms with Gasteiger partial charge in [0.25, 0.3) is 0 Å². The summed E-state index contributed by atoms with van der Waals surface area (Å²) in [6, 6.07) is 1.65. The van der Waals surface area contributed by atoms with E-state index in [1.807, 2.05) is 0 Å². The lowest BCUT2D eigenvalue weighted by molar-refractivity contribution is 0.0513. The van der Waals surface area contributed by atoms with Gasteiger partial charge in [-0.05, 0) is 19.9 Å². The lowest BCUT2D eigenvalue weighted by Crippen LogP contribution is -2.21. The van der Waals surface area contributed by atoms with Crippen molar-refractivity contribution in [1.82, 2.24) is 9.78 Å². The molecule has 0 aliphatic carbocycles. The Morgan fingerprint density at radius 1 is 1.73 bits per heavy atom. The predicted molar refractivity (Wildman–Crippen MR) is 59.7 cm³/mol. The van der Waals surface area contributed by atoms with E-state index in [1.165, 1.54) is 4.68 Å². The normalized spacial score (nSPS) is 10.0. The molecule has 0 aliphatic rings. The van der Waals surface area contributed by atoms with Crippen LogP contribution in [0.1, 0.15) is 23.1 Å². The van der Waals surface area contributed by atoms with Crippen molar-refractivity contribution in [2.24, 2.45) is 5.73 Å². The van der Waals surface area contributed by atoms with Crippen LogP contribution < -0.4 is 5.73 Å². The van der Waals surface area contributed by atoms with Gasteiger partial charge in [0.2, 0.25) is 0 Å². The molecular weight excluding hydrogens is 214 g/mol. The van der Waals surface area contributed by atoms with Crippen molar-refractivity contribution in [3.8, 4) is 0 Å².